The van der Waals surface area contributed by atoms with Crippen LogP contribution in [0.4, 0.5) is 0 Å². The van der Waals surface area contributed by atoms with E-state index in [0.717, 1.165) is 51.3 Å². The molecule has 1 aromatic rings. The van der Waals surface area contributed by atoms with Crippen molar-refractivity contribution in [2.24, 2.45) is 0 Å². The van der Waals surface area contributed by atoms with E-state index in [1.807, 2.05) is 0 Å². The Morgan fingerprint density at radius 3 is 2.68 bits per heavy atom. The third-order valence-corrected chi connectivity index (χ3v) is 3.63. The van der Waals surface area contributed by atoms with Crippen molar-refractivity contribution in [3.8, 4) is 5.75 Å². The molecule has 0 saturated carbocycles. The minimum atomic E-state index is 0.405. The molecule has 1 fully saturated rings. The number of ether oxygens (including phenoxy) is 1. The maximum absolute atomic E-state index is 11.1. The van der Waals surface area contributed by atoms with Gasteiger partial charge in [0.15, 0.2) is 0 Å². The Kier molecular flexibility index (Phi) is 4.97. The first-order valence-corrected chi connectivity index (χ1v) is 7.09. The van der Waals surface area contributed by atoms with Crippen LogP contribution in [0.2, 0.25) is 0 Å². The average molecular weight is 261 g/mol. The predicted molar refractivity (Wildman–Crippen MR) is 76.7 cm³/mol. The summed E-state index contributed by atoms with van der Waals surface area (Å²) in [4.78, 5) is 13.5. The highest BCUT2D eigenvalue weighted by atomic mass is 16.5. The van der Waals surface area contributed by atoms with Crippen molar-refractivity contribution >= 4 is 5.78 Å². The van der Waals surface area contributed by atoms with E-state index in [9.17, 15) is 4.79 Å². The molecule has 0 unspecified atom stereocenters. The zero-order valence-corrected chi connectivity index (χ0v) is 11.9. The van der Waals surface area contributed by atoms with Crippen LogP contribution in [0.25, 0.3) is 0 Å². The van der Waals surface area contributed by atoms with Gasteiger partial charge in [0.1, 0.15) is 11.5 Å². The lowest BCUT2D eigenvalue weighted by atomic mass is 10.1. The number of carbonyl (C=O) groups is 1. The highest BCUT2D eigenvalue weighted by Crippen LogP contribution is 2.19. The van der Waals surface area contributed by atoms with Crippen molar-refractivity contribution in [2.75, 3.05) is 26.2 Å². The van der Waals surface area contributed by atoms with E-state index in [1.54, 1.807) is 0 Å². The number of piperidine rings is 1. The van der Waals surface area contributed by atoms with Crippen LogP contribution in [0.3, 0.4) is 0 Å². The molecule has 3 nitrogen and oxygen atoms in total. The van der Waals surface area contributed by atoms with Crippen molar-refractivity contribution < 1.29 is 9.53 Å². The van der Waals surface area contributed by atoms with E-state index >= 15 is 0 Å². The summed E-state index contributed by atoms with van der Waals surface area (Å²) in [6.07, 6.45) is 2.46. The molecule has 3 heteroatoms. The molecule has 1 saturated heterocycles. The van der Waals surface area contributed by atoms with Crippen LogP contribution >= 0.6 is 0 Å². The van der Waals surface area contributed by atoms with E-state index < -0.39 is 0 Å². The number of ketones is 1. The van der Waals surface area contributed by atoms with Crippen molar-refractivity contribution in [3.05, 3.63) is 29.3 Å². The van der Waals surface area contributed by atoms with Crippen molar-refractivity contribution in [3.63, 3.8) is 0 Å². The average Bonchev–Trinajstić information content (AvgIpc) is 2.40. The van der Waals surface area contributed by atoms with E-state index in [1.165, 1.54) is 11.1 Å². The molecule has 0 aromatic heterocycles. The zero-order valence-electron chi connectivity index (χ0n) is 11.9. The fourth-order valence-corrected chi connectivity index (χ4v) is 2.36. The molecule has 0 radical (unpaired) electrons. The maximum Gasteiger partial charge on any atom is 0.135 e. The first-order chi connectivity index (χ1) is 9.15. The van der Waals surface area contributed by atoms with Gasteiger partial charge in [-0.1, -0.05) is 12.1 Å². The van der Waals surface area contributed by atoms with Gasteiger partial charge in [-0.2, -0.15) is 0 Å². The van der Waals surface area contributed by atoms with E-state index in [4.69, 9.17) is 4.74 Å². The van der Waals surface area contributed by atoms with Gasteiger partial charge in [0, 0.05) is 32.5 Å². The van der Waals surface area contributed by atoms with Crippen LogP contribution in [0, 0.1) is 13.8 Å². The second-order valence-corrected chi connectivity index (χ2v) is 5.35. The molecule has 0 bridgehead atoms. The minimum absolute atomic E-state index is 0.405. The predicted octanol–water partition coefficient (Wildman–Crippen LogP) is 2.74. The molecule has 0 spiro atoms. The summed E-state index contributed by atoms with van der Waals surface area (Å²) < 4.78 is 5.84. The minimum Gasteiger partial charge on any atom is -0.493 e. The number of hydrogen-bond acceptors (Lipinski definition) is 3. The lowest BCUT2D eigenvalue weighted by Crippen LogP contribution is -2.35. The normalized spacial score (nSPS) is 16.6. The van der Waals surface area contributed by atoms with Gasteiger partial charge in [0.05, 0.1) is 6.61 Å². The summed E-state index contributed by atoms with van der Waals surface area (Å²) in [6, 6.07) is 6.29. The van der Waals surface area contributed by atoms with Gasteiger partial charge >= 0.3 is 0 Å². The Bertz CT molecular complexity index is 432. The third-order valence-electron chi connectivity index (χ3n) is 3.63. The first kappa shape index (κ1) is 14.1. The van der Waals surface area contributed by atoms with Crippen LogP contribution in [0.1, 0.15) is 30.4 Å². The third kappa shape index (κ3) is 4.35. The molecular formula is C16H23NO2. The Labute approximate surface area is 115 Å². The van der Waals surface area contributed by atoms with Gasteiger partial charge in [-0.05, 0) is 37.5 Å². The summed E-state index contributed by atoms with van der Waals surface area (Å²) in [5.74, 6) is 1.40. The Balaban J connectivity index is 1.69. The molecular weight excluding hydrogens is 238 g/mol. The number of likely N-dealkylation sites (tertiary alicyclic amines) is 1. The zero-order chi connectivity index (χ0) is 13.7. The summed E-state index contributed by atoms with van der Waals surface area (Å²) in [5.41, 5.74) is 2.42. The molecule has 104 valence electrons. The highest BCUT2D eigenvalue weighted by Gasteiger charge is 2.15. The van der Waals surface area contributed by atoms with Crippen LogP contribution < -0.4 is 4.74 Å². The Morgan fingerprint density at radius 2 is 1.95 bits per heavy atom. The molecule has 1 aliphatic heterocycles. The molecule has 0 atom stereocenters. The largest absolute Gasteiger partial charge is 0.493 e. The van der Waals surface area contributed by atoms with Gasteiger partial charge in [0.25, 0.3) is 0 Å². The second kappa shape index (κ2) is 6.71. The Morgan fingerprint density at radius 1 is 1.21 bits per heavy atom. The smallest absolute Gasteiger partial charge is 0.135 e. The fraction of sp³-hybridized carbons (Fsp3) is 0.562. The number of Topliss-reactive ketones (excluding diaryl/α,β-unsaturated/α-hetero) is 1. The van der Waals surface area contributed by atoms with Crippen LogP contribution in [-0.2, 0) is 4.79 Å². The quantitative estimate of drug-likeness (QED) is 0.763. The molecule has 0 aliphatic carbocycles. The van der Waals surface area contributed by atoms with E-state index in [-0.39, 0.29) is 0 Å². The van der Waals surface area contributed by atoms with E-state index in [2.05, 4.69) is 36.9 Å². The van der Waals surface area contributed by atoms with Crippen molar-refractivity contribution in [1.82, 2.24) is 4.90 Å². The fourth-order valence-electron chi connectivity index (χ4n) is 2.36. The van der Waals surface area contributed by atoms with Gasteiger partial charge in [0.2, 0.25) is 0 Å². The Hall–Kier alpha value is -1.35. The number of aryl methyl sites for hydroxylation is 2. The molecule has 1 aromatic carbocycles. The van der Waals surface area contributed by atoms with Gasteiger partial charge < -0.3 is 9.64 Å². The van der Waals surface area contributed by atoms with Gasteiger partial charge in [-0.15, -0.1) is 0 Å². The van der Waals surface area contributed by atoms with Crippen LogP contribution in [0.15, 0.2) is 18.2 Å². The topological polar surface area (TPSA) is 29.5 Å². The standard InChI is InChI=1S/C16H23NO2/c1-13-4-5-14(2)16(12-13)19-11-3-8-17-9-6-15(18)7-10-17/h4-5,12H,3,6-11H2,1-2H3. The summed E-state index contributed by atoms with van der Waals surface area (Å²) in [6.45, 7) is 7.76. The molecule has 0 amide bonds. The SMILES string of the molecule is Cc1ccc(C)c(OCCCN2CCC(=O)CC2)c1. The second-order valence-electron chi connectivity index (χ2n) is 5.35. The lowest BCUT2D eigenvalue weighted by Gasteiger charge is -2.25. The van der Waals surface area contributed by atoms with Crippen molar-refractivity contribution in [2.45, 2.75) is 33.1 Å². The molecule has 2 rings (SSSR count). The lowest BCUT2D eigenvalue weighted by molar-refractivity contribution is -0.121. The number of rotatable bonds is 5. The van der Waals surface area contributed by atoms with Crippen LogP contribution in [-0.4, -0.2) is 36.9 Å². The summed E-state index contributed by atoms with van der Waals surface area (Å²) >= 11 is 0. The number of nitrogens with zero attached hydrogens (tertiary/aromatic N) is 1. The highest BCUT2D eigenvalue weighted by molar-refractivity contribution is 5.79. The van der Waals surface area contributed by atoms with Gasteiger partial charge in [-0.25, -0.2) is 0 Å². The monoisotopic (exact) mass is 261 g/mol. The molecule has 1 aliphatic rings. The summed E-state index contributed by atoms with van der Waals surface area (Å²) in [5, 5.41) is 0. The number of carbonyl (C=O) groups excluding carboxylic acids is 1. The van der Waals surface area contributed by atoms with Crippen molar-refractivity contribution in [1.29, 1.82) is 0 Å². The maximum atomic E-state index is 11.1. The van der Waals surface area contributed by atoms with E-state index in [0.29, 0.717) is 5.78 Å². The van der Waals surface area contributed by atoms with Crippen LogP contribution in [0.5, 0.6) is 5.75 Å². The number of benzene rings is 1. The van der Waals surface area contributed by atoms with Gasteiger partial charge in [-0.3, -0.25) is 4.79 Å². The summed E-state index contributed by atoms with van der Waals surface area (Å²) in [7, 11) is 0. The molecule has 0 N–H and O–H groups in total. The molecule has 1 heterocycles. The molecule has 19 heavy (non-hydrogen) atoms. The first-order valence-electron chi connectivity index (χ1n) is 7.09. The number of hydrogen-bond donors (Lipinski definition) is 0.